The lowest BCUT2D eigenvalue weighted by Gasteiger charge is -2.22. The first-order chi connectivity index (χ1) is 16.8. The van der Waals surface area contributed by atoms with E-state index >= 15 is 0 Å². The number of hydrogen-bond acceptors (Lipinski definition) is 6. The van der Waals surface area contributed by atoms with Gasteiger partial charge in [-0.3, -0.25) is 9.10 Å². The number of benzene rings is 3. The number of para-hydroxylation sites is 1. The van der Waals surface area contributed by atoms with Crippen LogP contribution in [0.15, 0.2) is 83.8 Å². The monoisotopic (exact) mass is 495 g/mol. The molecule has 3 aromatic rings. The Bertz CT molecular complexity index is 1340. The molecule has 0 N–H and O–H groups in total. The Balaban J connectivity index is 1.80. The molecule has 0 fully saturated rings. The lowest BCUT2D eigenvalue weighted by atomic mass is 10.2. The third kappa shape index (κ3) is 6.02. The molecule has 0 saturated carbocycles. The molecule has 0 atom stereocenters. The van der Waals surface area contributed by atoms with Crippen molar-refractivity contribution in [3.05, 3.63) is 90.2 Å². The minimum Gasteiger partial charge on any atom is -0.452 e. The molecule has 3 aromatic carbocycles. The molecule has 0 aliphatic carbocycles. The summed E-state index contributed by atoms with van der Waals surface area (Å²) in [5.41, 5.74) is 0.502. The quantitative estimate of drug-likeness (QED) is 0.419. The van der Waals surface area contributed by atoms with Crippen LogP contribution < -0.4 is 9.21 Å². The Morgan fingerprint density at radius 1 is 0.943 bits per heavy atom. The van der Waals surface area contributed by atoms with E-state index in [0.717, 1.165) is 4.31 Å². The second-order valence-electron chi connectivity index (χ2n) is 7.31. The van der Waals surface area contributed by atoms with Gasteiger partial charge in [-0.1, -0.05) is 30.3 Å². The molecular weight excluding hydrogens is 473 g/mol. The minimum absolute atomic E-state index is 0.00393. The van der Waals surface area contributed by atoms with Gasteiger partial charge in [0.15, 0.2) is 6.61 Å². The van der Waals surface area contributed by atoms with Crippen molar-refractivity contribution in [1.29, 1.82) is 5.26 Å². The van der Waals surface area contributed by atoms with Gasteiger partial charge in [0.05, 0.1) is 23.7 Å². The molecule has 0 radical (unpaired) electrons. The second kappa shape index (κ2) is 11.3. The highest BCUT2D eigenvalue weighted by molar-refractivity contribution is 7.92. The van der Waals surface area contributed by atoms with Gasteiger partial charge in [0.25, 0.3) is 15.9 Å². The number of carbonyl (C=O) groups is 2. The van der Waals surface area contributed by atoms with Crippen LogP contribution in [0, 0.1) is 17.1 Å². The topological polar surface area (TPSA) is 108 Å². The van der Waals surface area contributed by atoms with Gasteiger partial charge in [-0.15, -0.1) is 0 Å². The summed E-state index contributed by atoms with van der Waals surface area (Å²) in [6, 6.07) is 20.9. The van der Waals surface area contributed by atoms with Crippen molar-refractivity contribution in [2.75, 3.05) is 29.4 Å². The van der Waals surface area contributed by atoms with Crippen LogP contribution in [0.1, 0.15) is 16.8 Å². The Morgan fingerprint density at radius 2 is 1.57 bits per heavy atom. The highest BCUT2D eigenvalue weighted by Crippen LogP contribution is 2.25. The summed E-state index contributed by atoms with van der Waals surface area (Å²) in [5, 5.41) is 8.89. The molecule has 10 heteroatoms. The van der Waals surface area contributed by atoms with E-state index in [-0.39, 0.29) is 23.4 Å². The van der Waals surface area contributed by atoms with Crippen molar-refractivity contribution < 1.29 is 27.1 Å². The fourth-order valence-corrected chi connectivity index (χ4v) is 4.62. The van der Waals surface area contributed by atoms with E-state index in [9.17, 15) is 22.4 Å². The fourth-order valence-electron chi connectivity index (χ4n) is 3.25. The van der Waals surface area contributed by atoms with E-state index in [0.29, 0.717) is 11.4 Å². The Hall–Kier alpha value is -4.23. The first-order valence-corrected chi connectivity index (χ1v) is 11.9. The van der Waals surface area contributed by atoms with Crippen molar-refractivity contribution in [3.63, 3.8) is 0 Å². The maximum Gasteiger partial charge on any atom is 0.340 e. The standard InChI is InChI=1S/C25H22FN3O5S/c1-28(20-8-3-2-4-9-20)35(32,33)23-11-6-5-10-22(23)25(31)34-18-24(30)29(17-7-16-27)21-14-12-19(26)13-15-21/h2-6,8-15H,7,17-18H2,1H3. The Morgan fingerprint density at radius 3 is 2.23 bits per heavy atom. The summed E-state index contributed by atoms with van der Waals surface area (Å²) < 4.78 is 45.9. The molecule has 0 unspecified atom stereocenters. The molecule has 0 spiro atoms. The number of nitriles is 1. The number of anilines is 2. The number of esters is 1. The molecule has 1 amide bonds. The number of ether oxygens (including phenoxy) is 1. The molecule has 0 aliphatic heterocycles. The molecule has 8 nitrogen and oxygen atoms in total. The summed E-state index contributed by atoms with van der Waals surface area (Å²) in [6.07, 6.45) is 0.00393. The minimum atomic E-state index is -4.12. The lowest BCUT2D eigenvalue weighted by molar-refractivity contribution is -0.121. The van der Waals surface area contributed by atoms with Crippen LogP contribution in [-0.4, -0.2) is 40.5 Å². The average Bonchev–Trinajstić information content (AvgIpc) is 2.88. The highest BCUT2D eigenvalue weighted by atomic mass is 32.2. The zero-order valence-corrected chi connectivity index (χ0v) is 19.6. The van der Waals surface area contributed by atoms with Gasteiger partial charge in [0.2, 0.25) is 0 Å². The lowest BCUT2D eigenvalue weighted by Crippen LogP contribution is -2.35. The van der Waals surface area contributed by atoms with Crippen LogP contribution in [0.3, 0.4) is 0 Å². The summed E-state index contributed by atoms with van der Waals surface area (Å²) in [6.45, 7) is -0.699. The summed E-state index contributed by atoms with van der Waals surface area (Å²) in [4.78, 5) is 26.5. The van der Waals surface area contributed by atoms with E-state index in [1.54, 1.807) is 30.3 Å². The summed E-state index contributed by atoms with van der Waals surface area (Å²) in [7, 11) is -2.75. The Kier molecular flexibility index (Phi) is 8.17. The van der Waals surface area contributed by atoms with Crippen molar-refractivity contribution >= 4 is 33.3 Å². The molecule has 0 bridgehead atoms. The molecule has 0 aromatic heterocycles. The molecule has 0 heterocycles. The third-order valence-corrected chi connectivity index (χ3v) is 6.92. The van der Waals surface area contributed by atoms with Crippen molar-refractivity contribution in [2.45, 2.75) is 11.3 Å². The predicted octanol–water partition coefficient (Wildman–Crippen LogP) is 3.75. The van der Waals surface area contributed by atoms with Gasteiger partial charge in [-0.05, 0) is 48.5 Å². The average molecular weight is 496 g/mol. The van der Waals surface area contributed by atoms with E-state index in [4.69, 9.17) is 10.00 Å². The molecule has 0 saturated heterocycles. The normalized spacial score (nSPS) is 10.8. The molecule has 35 heavy (non-hydrogen) atoms. The smallest absolute Gasteiger partial charge is 0.340 e. The van der Waals surface area contributed by atoms with Crippen LogP contribution in [0.25, 0.3) is 0 Å². The van der Waals surface area contributed by atoms with E-state index in [2.05, 4.69) is 0 Å². The maximum absolute atomic E-state index is 13.3. The second-order valence-corrected chi connectivity index (χ2v) is 9.25. The first-order valence-electron chi connectivity index (χ1n) is 10.5. The number of amides is 1. The maximum atomic E-state index is 13.3. The molecule has 3 rings (SSSR count). The SMILES string of the molecule is CN(c1ccccc1)S(=O)(=O)c1ccccc1C(=O)OCC(=O)N(CCC#N)c1ccc(F)cc1. The zero-order chi connectivity index (χ0) is 25.4. The highest BCUT2D eigenvalue weighted by Gasteiger charge is 2.28. The van der Waals surface area contributed by atoms with Gasteiger partial charge in [-0.2, -0.15) is 5.26 Å². The van der Waals surface area contributed by atoms with Gasteiger partial charge in [-0.25, -0.2) is 17.6 Å². The van der Waals surface area contributed by atoms with Crippen LogP contribution in [0.2, 0.25) is 0 Å². The van der Waals surface area contributed by atoms with Crippen LogP contribution in [-0.2, 0) is 19.6 Å². The van der Waals surface area contributed by atoms with Gasteiger partial charge in [0, 0.05) is 19.3 Å². The molecule has 180 valence electrons. The predicted molar refractivity (Wildman–Crippen MR) is 128 cm³/mol. The van der Waals surface area contributed by atoms with Gasteiger partial charge < -0.3 is 9.64 Å². The van der Waals surface area contributed by atoms with E-state index in [1.807, 2.05) is 6.07 Å². The zero-order valence-electron chi connectivity index (χ0n) is 18.8. The van der Waals surface area contributed by atoms with Crippen LogP contribution >= 0.6 is 0 Å². The van der Waals surface area contributed by atoms with E-state index in [1.165, 1.54) is 60.5 Å². The number of nitrogens with zero attached hydrogens (tertiary/aromatic N) is 3. The Labute approximate surface area is 202 Å². The summed E-state index contributed by atoms with van der Waals surface area (Å²) >= 11 is 0. The molecule has 0 aliphatic rings. The van der Waals surface area contributed by atoms with Gasteiger partial charge in [0.1, 0.15) is 10.7 Å². The number of hydrogen-bond donors (Lipinski definition) is 0. The first kappa shape index (κ1) is 25.4. The summed E-state index contributed by atoms with van der Waals surface area (Å²) in [5.74, 6) is -2.15. The fraction of sp³-hybridized carbons (Fsp3) is 0.160. The van der Waals surface area contributed by atoms with Crippen LogP contribution in [0.4, 0.5) is 15.8 Å². The third-order valence-electron chi connectivity index (χ3n) is 5.08. The number of carbonyl (C=O) groups excluding carboxylic acids is 2. The van der Waals surface area contributed by atoms with Crippen molar-refractivity contribution in [3.8, 4) is 6.07 Å². The van der Waals surface area contributed by atoms with Gasteiger partial charge >= 0.3 is 5.97 Å². The largest absolute Gasteiger partial charge is 0.452 e. The number of sulfonamides is 1. The number of halogens is 1. The van der Waals surface area contributed by atoms with Crippen LogP contribution in [0.5, 0.6) is 0 Å². The number of rotatable bonds is 9. The molecular formula is C25H22FN3O5S. The van der Waals surface area contributed by atoms with E-state index < -0.39 is 34.3 Å². The van der Waals surface area contributed by atoms with Crippen molar-refractivity contribution in [1.82, 2.24) is 0 Å². The van der Waals surface area contributed by atoms with Crippen molar-refractivity contribution in [2.24, 2.45) is 0 Å².